The molecule has 0 amide bonds. The zero-order valence-electron chi connectivity index (χ0n) is 27.2. The van der Waals surface area contributed by atoms with Crippen LogP contribution in [-0.4, -0.2) is 76.0 Å². The lowest BCUT2D eigenvalue weighted by Gasteiger charge is -2.62. The van der Waals surface area contributed by atoms with Crippen LogP contribution in [0.2, 0.25) is 0 Å². The molecule has 11 atom stereocenters. The Morgan fingerprint density at radius 3 is 2.26 bits per heavy atom. The highest BCUT2D eigenvalue weighted by atomic mass is 16.7. The van der Waals surface area contributed by atoms with Crippen LogP contribution in [0.3, 0.4) is 0 Å². The van der Waals surface area contributed by atoms with Crippen molar-refractivity contribution < 1.29 is 53.1 Å². The fourth-order valence-electron chi connectivity index (χ4n) is 8.85. The zero-order valence-corrected chi connectivity index (χ0v) is 27.2. The van der Waals surface area contributed by atoms with Crippen molar-refractivity contribution in [1.82, 2.24) is 0 Å². The van der Waals surface area contributed by atoms with E-state index < -0.39 is 88.3 Å². The van der Waals surface area contributed by atoms with Gasteiger partial charge >= 0.3 is 23.9 Å². The third-order valence-corrected chi connectivity index (χ3v) is 10.4. The summed E-state index contributed by atoms with van der Waals surface area (Å²) in [5.74, 6) is -8.85. The Morgan fingerprint density at radius 2 is 1.67 bits per heavy atom. The number of hydrogen-bond acceptors (Lipinski definition) is 11. The van der Waals surface area contributed by atoms with Crippen LogP contribution in [0.15, 0.2) is 54.6 Å². The molecule has 1 spiro atoms. The summed E-state index contributed by atoms with van der Waals surface area (Å²) in [7, 11) is 0. The van der Waals surface area contributed by atoms with E-state index in [0.717, 1.165) is 0 Å². The van der Waals surface area contributed by atoms with E-state index >= 15 is 0 Å². The first kappa shape index (κ1) is 33.8. The van der Waals surface area contributed by atoms with Gasteiger partial charge in [0.05, 0.1) is 23.5 Å². The summed E-state index contributed by atoms with van der Waals surface area (Å²) in [6, 6.07) is 8.23. The van der Waals surface area contributed by atoms with Gasteiger partial charge in [-0.05, 0) is 50.8 Å². The second-order valence-corrected chi connectivity index (χ2v) is 13.5. The number of carbonyl (C=O) groups excluding carboxylic acids is 4. The van der Waals surface area contributed by atoms with E-state index in [1.807, 2.05) is 6.92 Å². The van der Waals surface area contributed by atoms with Gasteiger partial charge in [-0.3, -0.25) is 14.4 Å². The minimum atomic E-state index is -2.60. The van der Waals surface area contributed by atoms with Crippen LogP contribution in [0.25, 0.3) is 0 Å². The Balaban J connectivity index is 1.87. The van der Waals surface area contributed by atoms with Crippen molar-refractivity contribution in [2.45, 2.75) is 96.1 Å². The summed E-state index contributed by atoms with van der Waals surface area (Å²) in [6.07, 6.45) is 0.265. The molecular weight excluding hydrogens is 596 g/mol. The molecule has 2 saturated heterocycles. The SMILES string of the molecule is C=C(C)[C@@H]1C=C[C@H](OC(C)=O)[C@]23CO[C@](O)([C@@](C)(O)[C@H]12)[C@@]1(OC(C)=O)C[C@@H](C)[C@@H](OC(=O)CCC)[C@@H]1[C@H]3OC(=O)c1ccccc1. The van der Waals surface area contributed by atoms with Crippen LogP contribution >= 0.6 is 0 Å². The molecule has 1 aromatic rings. The van der Waals surface area contributed by atoms with Crippen LogP contribution in [0, 0.1) is 29.1 Å². The zero-order chi connectivity index (χ0) is 33.8. The van der Waals surface area contributed by atoms with Crippen molar-refractivity contribution in [1.29, 1.82) is 0 Å². The minimum Gasteiger partial charge on any atom is -0.461 e. The number of carbonyl (C=O) groups is 4. The van der Waals surface area contributed by atoms with Gasteiger partial charge in [0.15, 0.2) is 5.60 Å². The number of esters is 4. The van der Waals surface area contributed by atoms with Gasteiger partial charge in [0.1, 0.15) is 23.9 Å². The summed E-state index contributed by atoms with van der Waals surface area (Å²) in [5, 5.41) is 25.6. The Bertz CT molecular complexity index is 1430. The number of allylic oxidation sites excluding steroid dienone is 2. The summed E-state index contributed by atoms with van der Waals surface area (Å²) in [4.78, 5) is 52.8. The smallest absolute Gasteiger partial charge is 0.338 e. The normalized spacial score (nSPS) is 40.6. The van der Waals surface area contributed by atoms with Crippen molar-refractivity contribution >= 4 is 23.9 Å². The molecule has 5 aliphatic rings. The van der Waals surface area contributed by atoms with Crippen LogP contribution in [-0.2, 0) is 38.1 Å². The molecule has 2 aliphatic heterocycles. The maximum absolute atomic E-state index is 14.0. The largest absolute Gasteiger partial charge is 0.461 e. The third-order valence-electron chi connectivity index (χ3n) is 10.4. The minimum absolute atomic E-state index is 0.0910. The predicted octanol–water partition coefficient (Wildman–Crippen LogP) is 3.66. The Labute approximate surface area is 268 Å². The summed E-state index contributed by atoms with van der Waals surface area (Å²) < 4.78 is 31.0. The number of fused-ring (bicyclic) bond motifs is 1. The number of hydrogen-bond donors (Lipinski definition) is 2. The van der Waals surface area contributed by atoms with E-state index in [2.05, 4.69) is 6.58 Å². The predicted molar refractivity (Wildman–Crippen MR) is 163 cm³/mol. The molecule has 6 rings (SSSR count). The van der Waals surface area contributed by atoms with E-state index in [9.17, 15) is 29.4 Å². The molecule has 2 heterocycles. The van der Waals surface area contributed by atoms with Crippen molar-refractivity contribution in [2.24, 2.45) is 29.1 Å². The molecular formula is C35H44O11. The number of aliphatic hydroxyl groups is 2. The Hall–Kier alpha value is -3.54. The van der Waals surface area contributed by atoms with Crippen molar-refractivity contribution in [3.63, 3.8) is 0 Å². The topological polar surface area (TPSA) is 155 Å². The highest BCUT2D eigenvalue weighted by Crippen LogP contribution is 2.70. The molecule has 2 N–H and O–H groups in total. The number of rotatable bonds is 8. The fourth-order valence-corrected chi connectivity index (χ4v) is 8.85. The fraction of sp³-hybridized carbons (Fsp3) is 0.600. The van der Waals surface area contributed by atoms with Crippen LogP contribution in [0.5, 0.6) is 0 Å². The van der Waals surface area contributed by atoms with Gasteiger partial charge in [-0.15, -0.1) is 0 Å². The standard InChI is InChI=1S/C35H44O11/c1-8-12-26(38)44-28-20(4)17-34(46-22(6)37)27(28)30(45-31(39)23-13-10-9-11-14-23)33-18-42-35(34,41)32(7,40)29(33)24(19(2)3)15-16-25(33)43-21(5)36/h9-11,13-16,20,24-25,27-30,40-41H,2,8,12,17-18H2,1,3-7H3/t20-,24+,25+,27-,28-,29+,30-,32+,33-,34-,35-/m1/s1. The molecule has 2 bridgehead atoms. The van der Waals surface area contributed by atoms with E-state index in [-0.39, 0.29) is 25.0 Å². The molecule has 11 heteroatoms. The lowest BCUT2D eigenvalue weighted by Crippen LogP contribution is -2.77. The second kappa shape index (κ2) is 11.9. The molecule has 11 nitrogen and oxygen atoms in total. The van der Waals surface area contributed by atoms with Gasteiger partial charge in [0.2, 0.25) is 5.79 Å². The first-order valence-corrected chi connectivity index (χ1v) is 15.8. The van der Waals surface area contributed by atoms with Crippen molar-refractivity contribution in [3.05, 3.63) is 60.2 Å². The molecule has 0 radical (unpaired) electrons. The highest BCUT2D eigenvalue weighted by molar-refractivity contribution is 5.89. The van der Waals surface area contributed by atoms with E-state index in [4.69, 9.17) is 23.7 Å². The third kappa shape index (κ3) is 4.89. The van der Waals surface area contributed by atoms with Gasteiger partial charge in [0.25, 0.3) is 0 Å². The Kier molecular flexibility index (Phi) is 8.76. The molecule has 0 aromatic heterocycles. The average Bonchev–Trinajstić information content (AvgIpc) is 3.18. The van der Waals surface area contributed by atoms with Gasteiger partial charge in [-0.1, -0.05) is 50.3 Å². The van der Waals surface area contributed by atoms with Gasteiger partial charge in [0, 0.05) is 32.1 Å². The molecule has 0 unspecified atom stereocenters. The quantitative estimate of drug-likeness (QED) is 0.243. The molecule has 4 fully saturated rings. The summed E-state index contributed by atoms with van der Waals surface area (Å²) >= 11 is 0. The molecule has 1 aromatic carbocycles. The molecule has 3 aliphatic carbocycles. The summed E-state index contributed by atoms with van der Waals surface area (Å²) in [6.45, 7) is 12.9. The maximum atomic E-state index is 14.0. The lowest BCUT2D eigenvalue weighted by molar-refractivity contribution is -0.411. The maximum Gasteiger partial charge on any atom is 0.338 e. The van der Waals surface area contributed by atoms with Gasteiger partial charge in [-0.25, -0.2) is 4.79 Å². The van der Waals surface area contributed by atoms with E-state index in [0.29, 0.717) is 12.0 Å². The van der Waals surface area contributed by atoms with Crippen LogP contribution in [0.1, 0.15) is 71.2 Å². The average molecular weight is 641 g/mol. The molecule has 2 saturated carbocycles. The van der Waals surface area contributed by atoms with Crippen molar-refractivity contribution in [3.8, 4) is 0 Å². The van der Waals surface area contributed by atoms with Crippen LogP contribution in [0.4, 0.5) is 0 Å². The number of benzene rings is 1. The second-order valence-electron chi connectivity index (χ2n) is 13.5. The first-order valence-electron chi connectivity index (χ1n) is 15.8. The van der Waals surface area contributed by atoms with Crippen molar-refractivity contribution in [2.75, 3.05) is 6.61 Å². The highest BCUT2D eigenvalue weighted by Gasteiger charge is 2.86. The summed E-state index contributed by atoms with van der Waals surface area (Å²) in [5.41, 5.74) is -5.09. The van der Waals surface area contributed by atoms with Gasteiger partial charge in [-0.2, -0.15) is 0 Å². The monoisotopic (exact) mass is 640 g/mol. The van der Waals surface area contributed by atoms with Gasteiger partial charge < -0.3 is 33.9 Å². The molecule has 46 heavy (non-hydrogen) atoms. The van der Waals surface area contributed by atoms with Crippen LogP contribution < -0.4 is 0 Å². The van der Waals surface area contributed by atoms with E-state index in [1.54, 1.807) is 56.3 Å². The first-order chi connectivity index (χ1) is 21.6. The lowest BCUT2D eigenvalue weighted by atomic mass is 9.52. The van der Waals surface area contributed by atoms with E-state index in [1.165, 1.54) is 20.8 Å². The molecule has 250 valence electrons. The number of ether oxygens (including phenoxy) is 5. The Morgan fingerprint density at radius 1 is 1.00 bits per heavy atom.